The lowest BCUT2D eigenvalue weighted by Gasteiger charge is -2.09. The maximum absolute atomic E-state index is 12.3. The van der Waals surface area contributed by atoms with Crippen LogP contribution in [-0.2, 0) is 26.0 Å². The minimum atomic E-state index is -3.65. The van der Waals surface area contributed by atoms with Crippen molar-refractivity contribution in [2.24, 2.45) is 0 Å². The first kappa shape index (κ1) is 19.6. The molecule has 0 fully saturated rings. The van der Waals surface area contributed by atoms with Crippen LogP contribution in [-0.4, -0.2) is 26.8 Å². The van der Waals surface area contributed by atoms with E-state index in [1.165, 1.54) is 24.3 Å². The molecule has 2 aromatic rings. The van der Waals surface area contributed by atoms with E-state index in [1.807, 2.05) is 30.3 Å². The normalized spacial score (nSPS) is 11.1. The van der Waals surface area contributed by atoms with Crippen molar-refractivity contribution in [1.29, 1.82) is 0 Å². The maximum Gasteiger partial charge on any atom is 0.240 e. The average Bonchev–Trinajstić information content (AvgIpc) is 2.61. The van der Waals surface area contributed by atoms with Gasteiger partial charge in [-0.05, 0) is 42.7 Å². The molecule has 8 heteroatoms. The van der Waals surface area contributed by atoms with Crippen molar-refractivity contribution in [2.75, 3.05) is 11.9 Å². The number of hydrogen-bond acceptors (Lipinski definition) is 5. The number of carboxylic acids is 1. The van der Waals surface area contributed by atoms with Gasteiger partial charge >= 0.3 is 0 Å². The van der Waals surface area contributed by atoms with Gasteiger partial charge in [-0.3, -0.25) is 4.79 Å². The molecule has 1 amide bonds. The van der Waals surface area contributed by atoms with Crippen LogP contribution < -0.4 is 15.1 Å². The smallest absolute Gasteiger partial charge is 0.240 e. The van der Waals surface area contributed by atoms with Crippen LogP contribution in [0.25, 0.3) is 0 Å². The number of carboxylic acid groups (broad SMARTS) is 1. The van der Waals surface area contributed by atoms with Crippen LogP contribution in [0.2, 0.25) is 0 Å². The molecule has 0 aliphatic rings. The van der Waals surface area contributed by atoms with Crippen molar-refractivity contribution >= 4 is 27.6 Å². The van der Waals surface area contributed by atoms with Crippen LogP contribution in [0.4, 0.5) is 5.69 Å². The molecule has 0 bridgehead atoms. The molecule has 2 aromatic carbocycles. The Bertz CT molecular complexity index is 849. The number of amides is 1. The van der Waals surface area contributed by atoms with E-state index in [2.05, 4.69) is 10.0 Å². The molecule has 0 saturated carbocycles. The van der Waals surface area contributed by atoms with Crippen molar-refractivity contribution in [3.05, 3.63) is 60.2 Å². The van der Waals surface area contributed by atoms with E-state index < -0.39 is 21.9 Å². The molecule has 0 saturated heterocycles. The number of hydrogen-bond donors (Lipinski definition) is 2. The van der Waals surface area contributed by atoms with Gasteiger partial charge in [0.1, 0.15) is 0 Å². The zero-order valence-electron chi connectivity index (χ0n) is 14.0. The molecular weight excluding hydrogens is 356 g/mol. The van der Waals surface area contributed by atoms with E-state index in [9.17, 15) is 23.1 Å². The molecule has 0 aromatic heterocycles. The number of rotatable bonds is 9. The lowest BCUT2D eigenvalue weighted by molar-refractivity contribution is -0.305. The molecule has 0 spiro atoms. The molecule has 0 unspecified atom stereocenters. The molecule has 0 radical (unpaired) electrons. The van der Waals surface area contributed by atoms with Crippen LogP contribution in [0, 0.1) is 0 Å². The summed E-state index contributed by atoms with van der Waals surface area (Å²) in [5, 5.41) is 12.8. The van der Waals surface area contributed by atoms with E-state index in [1.54, 1.807) is 0 Å². The van der Waals surface area contributed by atoms with E-state index in [-0.39, 0.29) is 24.3 Å². The maximum atomic E-state index is 12.3. The fourth-order valence-electron chi connectivity index (χ4n) is 2.21. The average molecular weight is 375 g/mol. The van der Waals surface area contributed by atoms with Gasteiger partial charge in [0.15, 0.2) is 0 Å². The van der Waals surface area contributed by atoms with Crippen molar-refractivity contribution in [2.45, 2.75) is 24.2 Å². The highest BCUT2D eigenvalue weighted by molar-refractivity contribution is 7.89. The number of anilines is 1. The SMILES string of the molecule is O=C([O-])CCC(=O)Nc1ccc(S(=O)(=O)NCCc2ccccc2)cc1. The van der Waals surface area contributed by atoms with E-state index in [4.69, 9.17) is 0 Å². The van der Waals surface area contributed by atoms with E-state index in [0.717, 1.165) is 5.56 Å². The standard InChI is InChI=1S/C18H20N2O5S/c21-17(10-11-18(22)23)20-15-6-8-16(9-7-15)26(24,25)19-13-12-14-4-2-1-3-5-14/h1-9,19H,10-13H2,(H,20,21)(H,22,23)/p-1. The lowest BCUT2D eigenvalue weighted by atomic mass is 10.2. The summed E-state index contributed by atoms with van der Waals surface area (Å²) in [6, 6.07) is 15.2. The number of carbonyl (C=O) groups is 2. The number of carbonyl (C=O) groups excluding carboxylic acids is 2. The predicted molar refractivity (Wildman–Crippen MR) is 94.6 cm³/mol. The number of nitrogens with one attached hydrogen (secondary N) is 2. The second kappa shape index (κ2) is 9.12. The zero-order chi connectivity index (χ0) is 19.0. The first-order chi connectivity index (χ1) is 12.4. The zero-order valence-corrected chi connectivity index (χ0v) is 14.8. The number of aliphatic carboxylic acids is 1. The second-order valence-corrected chi connectivity index (χ2v) is 7.34. The number of benzene rings is 2. The lowest BCUT2D eigenvalue weighted by Crippen LogP contribution is -2.26. The monoisotopic (exact) mass is 375 g/mol. The van der Waals surface area contributed by atoms with Crippen molar-refractivity contribution < 1.29 is 23.1 Å². The third-order valence-electron chi connectivity index (χ3n) is 3.55. The molecular formula is C18H19N2O5S-. The topological polar surface area (TPSA) is 115 Å². The Morgan fingerprint density at radius 1 is 0.923 bits per heavy atom. The Labute approximate surface area is 152 Å². The van der Waals surface area contributed by atoms with Gasteiger partial charge in [0.25, 0.3) is 0 Å². The summed E-state index contributed by atoms with van der Waals surface area (Å²) in [4.78, 5) is 21.9. The molecule has 0 aliphatic heterocycles. The number of sulfonamides is 1. The van der Waals surface area contributed by atoms with Crippen LogP contribution in [0.5, 0.6) is 0 Å². The van der Waals surface area contributed by atoms with Gasteiger partial charge in [0, 0.05) is 24.6 Å². The van der Waals surface area contributed by atoms with Gasteiger partial charge in [0.05, 0.1) is 4.90 Å². The molecule has 26 heavy (non-hydrogen) atoms. The Morgan fingerprint density at radius 2 is 1.58 bits per heavy atom. The summed E-state index contributed by atoms with van der Waals surface area (Å²) in [6.45, 7) is 0.272. The summed E-state index contributed by atoms with van der Waals surface area (Å²) in [6.07, 6.45) is -0.000297. The van der Waals surface area contributed by atoms with Crippen LogP contribution >= 0.6 is 0 Å². The minimum absolute atomic E-state index is 0.0818. The highest BCUT2D eigenvalue weighted by atomic mass is 32.2. The van der Waals surface area contributed by atoms with Crippen molar-refractivity contribution in [3.63, 3.8) is 0 Å². The first-order valence-corrected chi connectivity index (χ1v) is 9.48. The molecule has 0 heterocycles. The third-order valence-corrected chi connectivity index (χ3v) is 5.03. The molecule has 2 N–H and O–H groups in total. The predicted octanol–water partition coefficient (Wildman–Crippen LogP) is 0.676. The Kier molecular flexibility index (Phi) is 6.88. The first-order valence-electron chi connectivity index (χ1n) is 8.00. The van der Waals surface area contributed by atoms with Gasteiger partial charge < -0.3 is 15.2 Å². The van der Waals surface area contributed by atoms with Crippen molar-refractivity contribution in [3.8, 4) is 0 Å². The van der Waals surface area contributed by atoms with Crippen LogP contribution in [0.15, 0.2) is 59.5 Å². The summed E-state index contributed by atoms with van der Waals surface area (Å²) < 4.78 is 27.1. The summed E-state index contributed by atoms with van der Waals surface area (Å²) >= 11 is 0. The van der Waals surface area contributed by atoms with Gasteiger partial charge in [-0.15, -0.1) is 0 Å². The Morgan fingerprint density at radius 3 is 2.19 bits per heavy atom. The summed E-state index contributed by atoms with van der Waals surface area (Å²) in [5.41, 5.74) is 1.42. The largest absolute Gasteiger partial charge is 0.550 e. The summed E-state index contributed by atoms with van der Waals surface area (Å²) in [5.74, 6) is -1.78. The van der Waals surface area contributed by atoms with Gasteiger partial charge in [-0.2, -0.15) is 0 Å². The van der Waals surface area contributed by atoms with E-state index >= 15 is 0 Å². The molecule has 138 valence electrons. The molecule has 7 nitrogen and oxygen atoms in total. The van der Waals surface area contributed by atoms with Gasteiger partial charge in [-0.25, -0.2) is 13.1 Å². The minimum Gasteiger partial charge on any atom is -0.550 e. The third kappa shape index (κ3) is 6.30. The Hall–Kier alpha value is -2.71. The Balaban J connectivity index is 1.89. The van der Waals surface area contributed by atoms with Gasteiger partial charge in [-0.1, -0.05) is 30.3 Å². The summed E-state index contributed by atoms with van der Waals surface area (Å²) in [7, 11) is -3.65. The van der Waals surface area contributed by atoms with Crippen LogP contribution in [0.1, 0.15) is 18.4 Å². The highest BCUT2D eigenvalue weighted by Crippen LogP contribution is 2.14. The van der Waals surface area contributed by atoms with Crippen LogP contribution in [0.3, 0.4) is 0 Å². The fraction of sp³-hybridized carbons (Fsp3) is 0.222. The molecule has 0 aliphatic carbocycles. The van der Waals surface area contributed by atoms with Gasteiger partial charge in [0.2, 0.25) is 15.9 Å². The van der Waals surface area contributed by atoms with Crippen molar-refractivity contribution in [1.82, 2.24) is 4.72 Å². The fourth-order valence-corrected chi connectivity index (χ4v) is 3.25. The molecule has 2 rings (SSSR count). The highest BCUT2D eigenvalue weighted by Gasteiger charge is 2.13. The van der Waals surface area contributed by atoms with E-state index in [0.29, 0.717) is 12.1 Å². The second-order valence-electron chi connectivity index (χ2n) is 5.58. The quantitative estimate of drug-likeness (QED) is 0.669. The molecule has 0 atom stereocenters.